The molecule has 0 saturated carbocycles. The van der Waals surface area contributed by atoms with Gasteiger partial charge in [0.25, 0.3) is 5.91 Å². The van der Waals surface area contributed by atoms with Crippen molar-refractivity contribution < 1.29 is 41.1 Å². The van der Waals surface area contributed by atoms with Crippen LogP contribution in [0.5, 0.6) is 0 Å². The topological polar surface area (TPSA) is 121 Å². The molecule has 2 amide bonds. The molecule has 152 valence electrons. The minimum Gasteiger partial charge on any atom is -0.477 e. The third kappa shape index (κ3) is 3.78. The Hall–Kier alpha value is -1.41. The van der Waals surface area contributed by atoms with E-state index in [1.807, 2.05) is 5.32 Å². The maximum atomic E-state index is 13.0. The molecule has 2 aliphatic heterocycles. The molecule has 0 aliphatic carbocycles. The second-order valence-corrected chi connectivity index (χ2v) is 9.62. The summed E-state index contributed by atoms with van der Waals surface area (Å²) in [7, 11) is -5.40. The van der Waals surface area contributed by atoms with Gasteiger partial charge in [-0.2, -0.15) is 21.4 Å². The molecule has 2 unspecified atom stereocenters. The zero-order chi connectivity index (χ0) is 20.7. The average Bonchev–Trinajstić information content (AvgIpc) is 2.58. The van der Waals surface area contributed by atoms with Crippen LogP contribution in [0.25, 0.3) is 0 Å². The molecule has 0 aromatic carbocycles. The number of carboxylic acids is 1. The summed E-state index contributed by atoms with van der Waals surface area (Å²) in [6, 6.07) is -1.29. The maximum Gasteiger partial charge on any atom is 0.373 e. The molecule has 8 nitrogen and oxygen atoms in total. The molecule has 14 heteroatoms. The van der Waals surface area contributed by atoms with E-state index in [0.717, 1.165) is 16.7 Å². The predicted octanol–water partition coefficient (Wildman–Crippen LogP) is 0.0204. The number of thiol groups is 1. The minimum absolute atomic E-state index is 0.240. The fourth-order valence-corrected chi connectivity index (χ4v) is 5.36. The number of carbonyl (C=O) groups excluding carboxylic acids is 2. The lowest BCUT2D eigenvalue weighted by atomic mass is 10.0. The van der Waals surface area contributed by atoms with E-state index in [1.165, 1.54) is 6.92 Å². The van der Waals surface area contributed by atoms with Crippen LogP contribution < -0.4 is 5.32 Å². The molecule has 2 aliphatic rings. The number of amides is 2. The largest absolute Gasteiger partial charge is 0.477 e. The van der Waals surface area contributed by atoms with E-state index in [9.17, 15) is 41.1 Å². The number of β-lactam (4-membered cyclic amide) rings is 1. The number of thioether (sulfide) groups is 1. The van der Waals surface area contributed by atoms with Crippen LogP contribution in [-0.2, 0) is 24.2 Å². The number of carboxylic acid groups (broad SMARTS) is 1. The fraction of sp³-hybridized carbons (Fsp3) is 0.615. The first kappa shape index (κ1) is 21.9. The van der Waals surface area contributed by atoms with Crippen LogP contribution in [0.2, 0.25) is 0 Å². The number of nitrogens with zero attached hydrogens (tertiary/aromatic N) is 1. The number of rotatable bonds is 7. The van der Waals surface area contributed by atoms with Crippen LogP contribution >= 0.6 is 24.4 Å². The van der Waals surface area contributed by atoms with Crippen molar-refractivity contribution in [1.82, 2.24) is 10.2 Å². The summed E-state index contributed by atoms with van der Waals surface area (Å²) in [6.07, 6.45) is 0. The van der Waals surface area contributed by atoms with Crippen molar-refractivity contribution in [3.05, 3.63) is 11.3 Å². The summed E-state index contributed by atoms with van der Waals surface area (Å²) in [5.41, 5.74) is 0.145. The normalized spacial score (nSPS) is 25.7. The second-order valence-electron chi connectivity index (χ2n) is 5.82. The van der Waals surface area contributed by atoms with E-state index in [2.05, 4.69) is 12.6 Å². The summed E-state index contributed by atoms with van der Waals surface area (Å²) in [5, 5.41) is 5.39. The van der Waals surface area contributed by atoms with E-state index in [-0.39, 0.29) is 16.7 Å². The van der Waals surface area contributed by atoms with Crippen LogP contribution in [0.4, 0.5) is 13.2 Å². The molecule has 0 spiro atoms. The van der Waals surface area contributed by atoms with Crippen molar-refractivity contribution in [1.29, 1.82) is 0 Å². The zero-order valence-corrected chi connectivity index (χ0v) is 16.2. The third-order valence-corrected chi connectivity index (χ3v) is 7.94. The van der Waals surface area contributed by atoms with Gasteiger partial charge in [0.2, 0.25) is 15.7 Å². The Balaban J connectivity index is 2.16. The number of halogens is 3. The highest BCUT2D eigenvalue weighted by Crippen LogP contribution is 2.44. The molecule has 0 bridgehead atoms. The Morgan fingerprint density at radius 3 is 2.48 bits per heavy atom. The molecular formula is C13H15F3N2O6S3. The molecule has 2 rings (SSSR count). The molecule has 27 heavy (non-hydrogen) atoms. The first-order valence-electron chi connectivity index (χ1n) is 7.37. The first-order chi connectivity index (χ1) is 12.4. The van der Waals surface area contributed by atoms with Gasteiger partial charge in [-0.1, -0.05) is 0 Å². The molecule has 3 atom stereocenters. The SMILES string of the molecule is CC1=C(C(=O)O)N2C(=O)C(NC(=O)CS(=O)(=O)C(F)(F)CF)[C@H]2SC1CS. The lowest BCUT2D eigenvalue weighted by Crippen LogP contribution is -2.71. The number of fused-ring (bicyclic) bond motifs is 1. The highest BCUT2D eigenvalue weighted by atomic mass is 32.2. The average molecular weight is 448 g/mol. The van der Waals surface area contributed by atoms with Crippen molar-refractivity contribution in [2.75, 3.05) is 18.2 Å². The quantitative estimate of drug-likeness (QED) is 0.371. The number of hydrogen-bond donors (Lipinski definition) is 3. The Bertz CT molecular complexity index is 816. The van der Waals surface area contributed by atoms with Crippen LogP contribution in [0, 0.1) is 0 Å². The summed E-state index contributed by atoms with van der Waals surface area (Å²) in [4.78, 5) is 36.4. The molecule has 0 aromatic rings. The molecule has 0 aromatic heterocycles. The van der Waals surface area contributed by atoms with Crippen LogP contribution in [0.15, 0.2) is 11.3 Å². The number of carbonyl (C=O) groups is 3. The highest BCUT2D eigenvalue weighted by Gasteiger charge is 2.56. The van der Waals surface area contributed by atoms with E-state index >= 15 is 0 Å². The molecule has 2 heterocycles. The van der Waals surface area contributed by atoms with Gasteiger partial charge in [0.05, 0.1) is 0 Å². The number of aliphatic carboxylic acids is 1. The zero-order valence-electron chi connectivity index (χ0n) is 13.7. The second kappa shape index (κ2) is 7.54. The monoisotopic (exact) mass is 448 g/mol. The van der Waals surface area contributed by atoms with Gasteiger partial charge in [-0.25, -0.2) is 17.6 Å². The lowest BCUT2D eigenvalue weighted by molar-refractivity contribution is -0.150. The standard InChI is InChI=1S/C13H15F3N2O6S3/c1-5-6(2-25)26-11-8(10(20)18(11)9(5)12(21)22)17-7(19)3-27(23,24)13(15,16)4-14/h6,8,11,25H,2-4H2,1H3,(H,17,19)(H,21,22)/t6?,8?,11-/m1/s1. The van der Waals surface area contributed by atoms with Gasteiger partial charge >= 0.3 is 11.2 Å². The number of nitrogens with one attached hydrogen (secondary N) is 1. The lowest BCUT2D eigenvalue weighted by Gasteiger charge is -2.51. The van der Waals surface area contributed by atoms with Gasteiger partial charge in [0.15, 0.2) is 6.67 Å². The van der Waals surface area contributed by atoms with Gasteiger partial charge in [-0.3, -0.25) is 14.5 Å². The van der Waals surface area contributed by atoms with E-state index in [1.54, 1.807) is 0 Å². The highest BCUT2D eigenvalue weighted by molar-refractivity contribution is 8.01. The van der Waals surface area contributed by atoms with Gasteiger partial charge < -0.3 is 10.4 Å². The summed E-state index contributed by atoms with van der Waals surface area (Å²) < 4.78 is 61.0. The molecule has 1 fully saturated rings. The third-order valence-electron chi connectivity index (χ3n) is 4.06. The van der Waals surface area contributed by atoms with Crippen molar-refractivity contribution >= 4 is 52.0 Å². The van der Waals surface area contributed by atoms with Crippen LogP contribution in [-0.4, -0.2) is 76.3 Å². The predicted molar refractivity (Wildman–Crippen MR) is 92.8 cm³/mol. The maximum absolute atomic E-state index is 13.0. The van der Waals surface area contributed by atoms with Crippen molar-refractivity contribution in [2.45, 2.75) is 28.8 Å². The van der Waals surface area contributed by atoms with Gasteiger partial charge in [0, 0.05) is 11.0 Å². The summed E-state index contributed by atoms with van der Waals surface area (Å²) in [6.45, 7) is -0.953. The Morgan fingerprint density at radius 2 is 2.00 bits per heavy atom. The molecular weight excluding hydrogens is 433 g/mol. The van der Waals surface area contributed by atoms with Gasteiger partial charge in [0.1, 0.15) is 22.9 Å². The van der Waals surface area contributed by atoms with E-state index < -0.39 is 56.7 Å². The van der Waals surface area contributed by atoms with Crippen molar-refractivity contribution in [3.63, 3.8) is 0 Å². The van der Waals surface area contributed by atoms with Gasteiger partial charge in [-0.15, -0.1) is 11.8 Å². The van der Waals surface area contributed by atoms with Crippen molar-refractivity contribution in [3.8, 4) is 0 Å². The molecule has 1 saturated heterocycles. The Kier molecular flexibility index (Phi) is 6.11. The Morgan fingerprint density at radius 1 is 1.41 bits per heavy atom. The smallest absolute Gasteiger partial charge is 0.373 e. The number of sulfone groups is 1. The summed E-state index contributed by atoms with van der Waals surface area (Å²) >= 11 is 5.24. The molecule has 2 N–H and O–H groups in total. The first-order valence-corrected chi connectivity index (χ1v) is 10.6. The van der Waals surface area contributed by atoms with Crippen LogP contribution in [0.1, 0.15) is 6.92 Å². The van der Waals surface area contributed by atoms with Crippen molar-refractivity contribution in [2.24, 2.45) is 0 Å². The van der Waals surface area contributed by atoms with E-state index in [4.69, 9.17) is 0 Å². The Labute approximate surface area is 161 Å². The van der Waals surface area contributed by atoms with Crippen LogP contribution in [0.3, 0.4) is 0 Å². The number of hydrogen-bond acceptors (Lipinski definition) is 7. The van der Waals surface area contributed by atoms with Gasteiger partial charge in [-0.05, 0) is 12.5 Å². The number of alkyl halides is 3. The van der Waals surface area contributed by atoms with E-state index in [0.29, 0.717) is 5.57 Å². The molecule has 0 radical (unpaired) electrons. The summed E-state index contributed by atoms with van der Waals surface area (Å²) in [5.74, 6) is -5.05. The minimum atomic E-state index is -5.40. The fourth-order valence-electron chi connectivity index (χ4n) is 2.61.